The second-order valence-corrected chi connectivity index (χ2v) is 12.9. The fourth-order valence-corrected chi connectivity index (χ4v) is 9.57. The van der Waals surface area contributed by atoms with Gasteiger partial charge in [-0.25, -0.2) is 0 Å². The van der Waals surface area contributed by atoms with E-state index in [1.807, 2.05) is 0 Å². The molecule has 0 aliphatic heterocycles. The SMILES string of the molecule is Oc1c(Br)c(Br)c(C2(c3c(Br)c(Br)c(O)c(Br)c3Br)CCCCC2)c(Br)c1Br. The first kappa shape index (κ1) is 24.5. The van der Waals surface area contributed by atoms with E-state index in [1.54, 1.807) is 0 Å². The summed E-state index contributed by atoms with van der Waals surface area (Å²) >= 11 is 29.0. The minimum absolute atomic E-state index is 0.139. The predicted octanol–water partition coefficient (Wildman–Crippen LogP) is 10.4. The molecule has 0 radical (unpaired) electrons. The molecule has 1 saturated carbocycles. The second-order valence-electron chi connectivity index (χ2n) is 6.60. The highest BCUT2D eigenvalue weighted by Gasteiger charge is 2.44. The summed E-state index contributed by atoms with van der Waals surface area (Å²) in [6, 6.07) is 0. The summed E-state index contributed by atoms with van der Waals surface area (Å²) in [4.78, 5) is 0. The number of hydrogen-bond acceptors (Lipinski definition) is 2. The number of phenols is 2. The molecule has 2 nitrogen and oxygen atoms in total. The van der Waals surface area contributed by atoms with E-state index in [1.165, 1.54) is 6.42 Å². The maximum absolute atomic E-state index is 10.5. The van der Waals surface area contributed by atoms with E-state index in [4.69, 9.17) is 0 Å². The van der Waals surface area contributed by atoms with Crippen LogP contribution >= 0.6 is 127 Å². The molecule has 1 aliphatic rings. The van der Waals surface area contributed by atoms with Crippen LogP contribution in [-0.4, -0.2) is 10.2 Å². The van der Waals surface area contributed by atoms with Crippen molar-refractivity contribution in [3.8, 4) is 11.5 Å². The Hall–Kier alpha value is 1.88. The normalized spacial score (nSPS) is 16.4. The van der Waals surface area contributed by atoms with Gasteiger partial charge in [-0.1, -0.05) is 19.3 Å². The monoisotopic (exact) mass is 891 g/mol. The molecule has 2 aromatic rings. The van der Waals surface area contributed by atoms with Crippen molar-refractivity contribution in [2.24, 2.45) is 0 Å². The fourth-order valence-electron chi connectivity index (χ4n) is 3.86. The Morgan fingerprint density at radius 3 is 1.04 bits per heavy atom. The van der Waals surface area contributed by atoms with E-state index in [0.717, 1.165) is 54.7 Å². The van der Waals surface area contributed by atoms with Gasteiger partial charge in [0.05, 0.1) is 17.9 Å². The molecule has 10 heteroatoms. The third kappa shape index (κ3) is 3.90. The Morgan fingerprint density at radius 1 is 0.464 bits per heavy atom. The lowest BCUT2D eigenvalue weighted by Crippen LogP contribution is -2.33. The molecule has 1 aliphatic carbocycles. The van der Waals surface area contributed by atoms with Crippen molar-refractivity contribution < 1.29 is 10.2 Å². The molecule has 28 heavy (non-hydrogen) atoms. The minimum Gasteiger partial charge on any atom is -0.505 e. The maximum atomic E-state index is 10.5. The topological polar surface area (TPSA) is 40.5 Å². The molecular formula is C18H12Br8O2. The average Bonchev–Trinajstić information content (AvgIpc) is 2.68. The molecule has 0 amide bonds. The van der Waals surface area contributed by atoms with Crippen molar-refractivity contribution in [3.05, 3.63) is 46.9 Å². The van der Waals surface area contributed by atoms with Gasteiger partial charge < -0.3 is 10.2 Å². The number of aromatic hydroxyl groups is 2. The molecular weight excluding hydrogens is 887 g/mol. The van der Waals surface area contributed by atoms with Crippen LogP contribution in [0.15, 0.2) is 35.8 Å². The smallest absolute Gasteiger partial charge is 0.146 e. The van der Waals surface area contributed by atoms with E-state index < -0.39 is 0 Å². The fraction of sp³-hybridized carbons (Fsp3) is 0.333. The van der Waals surface area contributed by atoms with Crippen molar-refractivity contribution >= 4 is 127 Å². The van der Waals surface area contributed by atoms with Gasteiger partial charge in [-0.15, -0.1) is 0 Å². The molecule has 2 aromatic carbocycles. The van der Waals surface area contributed by atoms with Gasteiger partial charge in [-0.3, -0.25) is 0 Å². The van der Waals surface area contributed by atoms with Crippen molar-refractivity contribution in [1.29, 1.82) is 0 Å². The first-order valence-electron chi connectivity index (χ1n) is 8.17. The lowest BCUT2D eigenvalue weighted by Gasteiger charge is -2.42. The third-order valence-corrected chi connectivity index (χ3v) is 13.5. The first-order valence-corrected chi connectivity index (χ1v) is 14.5. The summed E-state index contributed by atoms with van der Waals surface area (Å²) < 4.78 is 5.64. The summed E-state index contributed by atoms with van der Waals surface area (Å²) in [5.74, 6) is 0.277. The lowest BCUT2D eigenvalue weighted by atomic mass is 9.65. The quantitative estimate of drug-likeness (QED) is 0.295. The summed E-state index contributed by atoms with van der Waals surface area (Å²) in [5.41, 5.74) is 1.75. The molecule has 2 N–H and O–H groups in total. The molecule has 0 atom stereocenters. The van der Waals surface area contributed by atoms with Gasteiger partial charge >= 0.3 is 0 Å². The highest BCUT2D eigenvalue weighted by Crippen LogP contribution is 2.60. The van der Waals surface area contributed by atoms with Crippen LogP contribution in [0.25, 0.3) is 0 Å². The number of rotatable bonds is 2. The molecule has 1 fully saturated rings. The Bertz CT molecular complexity index is 838. The number of halogens is 8. The summed E-state index contributed by atoms with van der Waals surface area (Å²) in [5, 5.41) is 20.9. The van der Waals surface area contributed by atoms with Gasteiger partial charge in [-0.05, 0) is 151 Å². The standard InChI is InChI=1S/C18H12Br8O2/c19-8-6(9(20)13(24)16(27)12(8)23)18(4-2-1-3-5-18)7-10(21)14(25)17(28)15(26)11(7)22/h27-28H,1-5H2. The van der Waals surface area contributed by atoms with Crippen LogP contribution in [-0.2, 0) is 5.41 Å². The lowest BCUT2D eigenvalue weighted by molar-refractivity contribution is 0.339. The molecule has 3 rings (SSSR count). The third-order valence-electron chi connectivity index (χ3n) is 5.14. The summed E-state index contributed by atoms with van der Waals surface area (Å²) in [6.07, 6.45) is 5.17. The first-order chi connectivity index (χ1) is 13.1. The molecule has 0 unspecified atom stereocenters. The van der Waals surface area contributed by atoms with Crippen LogP contribution in [0.2, 0.25) is 0 Å². The van der Waals surface area contributed by atoms with Gasteiger partial charge in [0.25, 0.3) is 0 Å². The molecule has 0 bridgehead atoms. The van der Waals surface area contributed by atoms with E-state index >= 15 is 0 Å². The molecule has 0 spiro atoms. The zero-order valence-corrected chi connectivity index (χ0v) is 26.6. The van der Waals surface area contributed by atoms with Crippen LogP contribution in [0.4, 0.5) is 0 Å². The van der Waals surface area contributed by atoms with Gasteiger partial charge in [0.15, 0.2) is 0 Å². The highest BCUT2D eigenvalue weighted by atomic mass is 79.9. The van der Waals surface area contributed by atoms with Gasteiger partial charge in [0, 0.05) is 23.3 Å². The predicted molar refractivity (Wildman–Crippen MR) is 142 cm³/mol. The van der Waals surface area contributed by atoms with Crippen LogP contribution in [0.3, 0.4) is 0 Å². The second kappa shape index (κ2) is 9.40. The Labute approximate surface area is 230 Å². The summed E-state index contributed by atoms with van der Waals surface area (Å²) in [7, 11) is 0. The zero-order chi connectivity index (χ0) is 21.0. The maximum Gasteiger partial charge on any atom is 0.146 e. The Balaban J connectivity index is 2.48. The van der Waals surface area contributed by atoms with Gasteiger partial charge in [0.2, 0.25) is 0 Å². The van der Waals surface area contributed by atoms with Gasteiger partial charge in [0.1, 0.15) is 11.5 Å². The zero-order valence-electron chi connectivity index (χ0n) is 14.0. The van der Waals surface area contributed by atoms with Crippen LogP contribution in [0, 0.1) is 0 Å². The van der Waals surface area contributed by atoms with Crippen LogP contribution in [0.5, 0.6) is 11.5 Å². The van der Waals surface area contributed by atoms with Crippen molar-refractivity contribution in [2.75, 3.05) is 0 Å². The molecule has 0 saturated heterocycles. The van der Waals surface area contributed by atoms with E-state index in [9.17, 15) is 10.2 Å². The van der Waals surface area contributed by atoms with Crippen LogP contribution < -0.4 is 0 Å². The van der Waals surface area contributed by atoms with Crippen molar-refractivity contribution in [3.63, 3.8) is 0 Å². The van der Waals surface area contributed by atoms with E-state index in [0.29, 0.717) is 17.9 Å². The van der Waals surface area contributed by atoms with Crippen LogP contribution in [0.1, 0.15) is 43.2 Å². The molecule has 0 aromatic heterocycles. The Kier molecular flexibility index (Phi) is 8.23. The van der Waals surface area contributed by atoms with Crippen molar-refractivity contribution in [1.82, 2.24) is 0 Å². The van der Waals surface area contributed by atoms with Crippen molar-refractivity contribution in [2.45, 2.75) is 37.5 Å². The summed E-state index contributed by atoms with van der Waals surface area (Å²) in [6.45, 7) is 0. The van der Waals surface area contributed by atoms with Gasteiger partial charge in [-0.2, -0.15) is 0 Å². The number of hydrogen-bond donors (Lipinski definition) is 2. The Morgan fingerprint density at radius 2 is 0.750 bits per heavy atom. The molecule has 0 heterocycles. The number of benzene rings is 2. The average molecular weight is 900 g/mol. The minimum atomic E-state index is -0.356. The van der Waals surface area contributed by atoms with E-state index in [2.05, 4.69) is 127 Å². The number of phenolic OH excluding ortho intramolecular Hbond substituents is 2. The van der Waals surface area contributed by atoms with E-state index in [-0.39, 0.29) is 16.9 Å². The molecule has 152 valence electrons. The highest BCUT2D eigenvalue weighted by molar-refractivity contribution is 9.14. The largest absolute Gasteiger partial charge is 0.505 e.